The predicted molar refractivity (Wildman–Crippen MR) is 81.6 cm³/mol. The standard InChI is InChI=1S/C16H16N2O4/c1-9-5-6-11-16(17-9)22-15(18-11)10-7-12(19-2)14(21-4)13(8-10)20-3/h5-8H,1-4H3. The van der Waals surface area contributed by atoms with E-state index < -0.39 is 0 Å². The Morgan fingerprint density at radius 1 is 0.909 bits per heavy atom. The molecule has 0 bridgehead atoms. The first-order valence-corrected chi connectivity index (χ1v) is 6.71. The third kappa shape index (κ3) is 2.32. The van der Waals surface area contributed by atoms with Crippen molar-refractivity contribution in [2.75, 3.05) is 21.3 Å². The van der Waals surface area contributed by atoms with E-state index in [4.69, 9.17) is 18.6 Å². The van der Waals surface area contributed by atoms with Gasteiger partial charge in [0.2, 0.25) is 17.4 Å². The van der Waals surface area contributed by atoms with Gasteiger partial charge in [-0.25, -0.2) is 9.97 Å². The van der Waals surface area contributed by atoms with Gasteiger partial charge in [-0.1, -0.05) is 0 Å². The minimum absolute atomic E-state index is 0.451. The summed E-state index contributed by atoms with van der Waals surface area (Å²) in [6.45, 7) is 1.90. The van der Waals surface area contributed by atoms with Crippen LogP contribution in [0.5, 0.6) is 17.2 Å². The van der Waals surface area contributed by atoms with Crippen LogP contribution in [0.4, 0.5) is 0 Å². The van der Waals surface area contributed by atoms with Crippen molar-refractivity contribution in [2.24, 2.45) is 0 Å². The van der Waals surface area contributed by atoms with Crippen molar-refractivity contribution in [3.8, 4) is 28.7 Å². The topological polar surface area (TPSA) is 66.6 Å². The second-order valence-corrected chi connectivity index (χ2v) is 4.71. The molecule has 0 radical (unpaired) electrons. The van der Waals surface area contributed by atoms with Crippen molar-refractivity contribution >= 4 is 11.2 Å². The number of pyridine rings is 1. The van der Waals surface area contributed by atoms with Crippen LogP contribution in [0.15, 0.2) is 28.7 Å². The second kappa shape index (κ2) is 5.55. The van der Waals surface area contributed by atoms with Gasteiger partial charge in [-0.15, -0.1) is 0 Å². The van der Waals surface area contributed by atoms with E-state index in [1.54, 1.807) is 33.5 Å². The third-order valence-corrected chi connectivity index (χ3v) is 3.31. The lowest BCUT2D eigenvalue weighted by atomic mass is 10.2. The number of hydrogen-bond acceptors (Lipinski definition) is 6. The zero-order chi connectivity index (χ0) is 15.7. The van der Waals surface area contributed by atoms with Crippen LogP contribution in [0.25, 0.3) is 22.7 Å². The number of oxazole rings is 1. The number of hydrogen-bond donors (Lipinski definition) is 0. The summed E-state index contributed by atoms with van der Waals surface area (Å²) in [5.41, 5.74) is 2.81. The van der Waals surface area contributed by atoms with Crippen LogP contribution >= 0.6 is 0 Å². The Balaban J connectivity index is 2.17. The molecule has 2 aromatic heterocycles. The number of benzene rings is 1. The number of fused-ring (bicyclic) bond motifs is 1. The second-order valence-electron chi connectivity index (χ2n) is 4.71. The highest BCUT2D eigenvalue weighted by Crippen LogP contribution is 2.41. The summed E-state index contributed by atoms with van der Waals surface area (Å²) in [5.74, 6) is 2.07. The molecule has 6 nitrogen and oxygen atoms in total. The molecule has 0 aliphatic rings. The molecule has 0 aliphatic heterocycles. The molecule has 0 saturated heterocycles. The minimum Gasteiger partial charge on any atom is -0.493 e. The van der Waals surface area contributed by atoms with Crippen molar-refractivity contribution in [3.63, 3.8) is 0 Å². The molecule has 3 aromatic rings. The van der Waals surface area contributed by atoms with Crippen molar-refractivity contribution in [2.45, 2.75) is 6.92 Å². The SMILES string of the molecule is COc1cc(-c2nc3ccc(C)nc3o2)cc(OC)c1OC. The zero-order valence-electron chi connectivity index (χ0n) is 12.8. The van der Waals surface area contributed by atoms with Crippen LogP contribution in [0, 0.1) is 6.92 Å². The van der Waals surface area contributed by atoms with Gasteiger partial charge >= 0.3 is 0 Å². The number of nitrogens with zero attached hydrogens (tertiary/aromatic N) is 2. The summed E-state index contributed by atoms with van der Waals surface area (Å²) < 4.78 is 21.7. The largest absolute Gasteiger partial charge is 0.493 e. The molecule has 0 amide bonds. The van der Waals surface area contributed by atoms with Crippen LogP contribution in [0.1, 0.15) is 5.69 Å². The molecule has 0 unspecified atom stereocenters. The van der Waals surface area contributed by atoms with Crippen LogP contribution in [-0.4, -0.2) is 31.3 Å². The Labute approximate surface area is 127 Å². The lowest BCUT2D eigenvalue weighted by molar-refractivity contribution is 0.324. The third-order valence-electron chi connectivity index (χ3n) is 3.31. The summed E-state index contributed by atoms with van der Waals surface area (Å²) in [7, 11) is 4.70. The van der Waals surface area contributed by atoms with Crippen molar-refractivity contribution in [1.29, 1.82) is 0 Å². The first-order valence-electron chi connectivity index (χ1n) is 6.71. The summed E-state index contributed by atoms with van der Waals surface area (Å²) in [6.07, 6.45) is 0. The monoisotopic (exact) mass is 300 g/mol. The fraction of sp³-hybridized carbons (Fsp3) is 0.250. The van der Waals surface area contributed by atoms with Crippen molar-refractivity contribution in [3.05, 3.63) is 30.0 Å². The smallest absolute Gasteiger partial charge is 0.247 e. The van der Waals surface area contributed by atoms with Crippen molar-refractivity contribution < 1.29 is 18.6 Å². The maximum absolute atomic E-state index is 5.73. The molecule has 22 heavy (non-hydrogen) atoms. The number of aromatic nitrogens is 2. The Morgan fingerprint density at radius 3 is 2.18 bits per heavy atom. The number of aryl methyl sites for hydroxylation is 1. The molecule has 3 rings (SSSR count). The average molecular weight is 300 g/mol. The molecular formula is C16H16N2O4. The number of methoxy groups -OCH3 is 3. The maximum atomic E-state index is 5.73. The average Bonchev–Trinajstić information content (AvgIpc) is 2.96. The van der Waals surface area contributed by atoms with Gasteiger partial charge in [0.15, 0.2) is 11.5 Å². The van der Waals surface area contributed by atoms with E-state index in [1.165, 1.54) is 0 Å². The molecule has 0 spiro atoms. The Morgan fingerprint density at radius 2 is 1.59 bits per heavy atom. The Hall–Kier alpha value is -2.76. The van der Waals surface area contributed by atoms with Gasteiger partial charge in [-0.05, 0) is 31.2 Å². The molecule has 6 heteroatoms. The van der Waals surface area contributed by atoms with E-state index in [2.05, 4.69) is 9.97 Å². The van der Waals surface area contributed by atoms with Gasteiger partial charge in [0.25, 0.3) is 0 Å². The quantitative estimate of drug-likeness (QED) is 0.737. The molecular weight excluding hydrogens is 284 g/mol. The molecule has 1 aromatic carbocycles. The first kappa shape index (κ1) is 14.2. The van der Waals surface area contributed by atoms with Gasteiger partial charge in [-0.3, -0.25) is 0 Å². The fourth-order valence-electron chi connectivity index (χ4n) is 2.24. The highest BCUT2D eigenvalue weighted by atomic mass is 16.5. The summed E-state index contributed by atoms with van der Waals surface area (Å²) in [6, 6.07) is 7.35. The Kier molecular flexibility index (Phi) is 3.58. The fourth-order valence-corrected chi connectivity index (χ4v) is 2.24. The molecule has 114 valence electrons. The van der Waals surface area contributed by atoms with Gasteiger partial charge in [-0.2, -0.15) is 0 Å². The lowest BCUT2D eigenvalue weighted by Crippen LogP contribution is -1.95. The normalized spacial score (nSPS) is 10.7. The summed E-state index contributed by atoms with van der Waals surface area (Å²) in [4.78, 5) is 8.77. The molecule has 0 aliphatic carbocycles. The van der Waals surface area contributed by atoms with Gasteiger partial charge in [0, 0.05) is 11.3 Å². The number of ether oxygens (including phenoxy) is 3. The predicted octanol–water partition coefficient (Wildman–Crippen LogP) is 3.22. The van der Waals surface area contributed by atoms with Gasteiger partial charge < -0.3 is 18.6 Å². The van der Waals surface area contributed by atoms with Gasteiger partial charge in [0.1, 0.15) is 5.52 Å². The summed E-state index contributed by atoms with van der Waals surface area (Å²) >= 11 is 0. The highest BCUT2D eigenvalue weighted by molar-refractivity contribution is 5.74. The zero-order valence-corrected chi connectivity index (χ0v) is 12.8. The molecule has 0 N–H and O–H groups in total. The molecule has 0 saturated carbocycles. The van der Waals surface area contributed by atoms with E-state index in [1.807, 2.05) is 19.1 Å². The number of rotatable bonds is 4. The van der Waals surface area contributed by atoms with Crippen molar-refractivity contribution in [1.82, 2.24) is 9.97 Å². The van der Waals surface area contributed by atoms with E-state index in [9.17, 15) is 0 Å². The van der Waals surface area contributed by atoms with Crippen LogP contribution in [0.3, 0.4) is 0 Å². The van der Waals surface area contributed by atoms with E-state index >= 15 is 0 Å². The maximum Gasteiger partial charge on any atom is 0.247 e. The van der Waals surface area contributed by atoms with E-state index in [0.29, 0.717) is 34.4 Å². The highest BCUT2D eigenvalue weighted by Gasteiger charge is 2.17. The first-order chi connectivity index (χ1) is 10.7. The van der Waals surface area contributed by atoms with Gasteiger partial charge in [0.05, 0.1) is 21.3 Å². The Bertz CT molecular complexity index is 801. The van der Waals surface area contributed by atoms with Crippen LogP contribution in [-0.2, 0) is 0 Å². The van der Waals surface area contributed by atoms with E-state index in [-0.39, 0.29) is 0 Å². The van der Waals surface area contributed by atoms with Crippen LogP contribution < -0.4 is 14.2 Å². The molecule has 0 atom stereocenters. The minimum atomic E-state index is 0.451. The van der Waals surface area contributed by atoms with Crippen LogP contribution in [0.2, 0.25) is 0 Å². The summed E-state index contributed by atoms with van der Waals surface area (Å²) in [5, 5.41) is 0. The lowest BCUT2D eigenvalue weighted by Gasteiger charge is -2.12. The molecule has 0 fully saturated rings. The van der Waals surface area contributed by atoms with E-state index in [0.717, 1.165) is 11.3 Å². The molecule has 2 heterocycles.